The van der Waals surface area contributed by atoms with Crippen molar-refractivity contribution in [2.24, 2.45) is 5.41 Å². The molecule has 126 valence electrons. The van der Waals surface area contributed by atoms with Crippen LogP contribution < -0.4 is 10.6 Å². The lowest BCUT2D eigenvalue weighted by atomic mass is 9.95. The van der Waals surface area contributed by atoms with E-state index >= 15 is 0 Å². The highest BCUT2D eigenvalue weighted by atomic mass is 32.2. The van der Waals surface area contributed by atoms with Gasteiger partial charge < -0.3 is 10.6 Å². The first-order chi connectivity index (χ1) is 11.3. The minimum absolute atomic E-state index is 0.0211. The van der Waals surface area contributed by atoms with Crippen molar-refractivity contribution in [1.29, 1.82) is 0 Å². The molecule has 0 saturated carbocycles. The van der Waals surface area contributed by atoms with Gasteiger partial charge in [0.05, 0.1) is 0 Å². The molecule has 0 radical (unpaired) electrons. The van der Waals surface area contributed by atoms with Gasteiger partial charge in [0.2, 0.25) is 5.91 Å². The second-order valence-corrected chi connectivity index (χ2v) is 7.43. The normalized spacial score (nSPS) is 11.0. The van der Waals surface area contributed by atoms with Crippen molar-refractivity contribution in [1.82, 2.24) is 10.3 Å². The molecule has 0 aliphatic heterocycles. The molecule has 1 aromatic heterocycles. The van der Waals surface area contributed by atoms with Crippen LogP contribution in [-0.4, -0.2) is 23.8 Å². The van der Waals surface area contributed by atoms with Crippen LogP contribution in [0.4, 0.5) is 5.69 Å². The van der Waals surface area contributed by atoms with Gasteiger partial charge in [0.1, 0.15) is 5.69 Å². The summed E-state index contributed by atoms with van der Waals surface area (Å²) in [6.45, 7) is 5.63. The fraction of sp³-hybridized carbons (Fsp3) is 0.278. The van der Waals surface area contributed by atoms with Gasteiger partial charge >= 0.3 is 0 Å². The number of amides is 2. The molecule has 0 aliphatic rings. The molecule has 1 heterocycles. The van der Waals surface area contributed by atoms with Gasteiger partial charge in [-0.05, 0) is 36.4 Å². The Bertz CT molecular complexity index is 737. The number of pyridine rings is 1. The minimum Gasteiger partial charge on any atom is -0.354 e. The Labute approximate surface area is 146 Å². The maximum atomic E-state index is 12.0. The van der Waals surface area contributed by atoms with Crippen LogP contribution in [0.15, 0.2) is 52.4 Å². The van der Waals surface area contributed by atoms with E-state index in [1.165, 1.54) is 11.8 Å². The summed E-state index contributed by atoms with van der Waals surface area (Å²) in [6.07, 6.45) is 1.62. The van der Waals surface area contributed by atoms with E-state index in [1.54, 1.807) is 19.3 Å². The first-order valence-electron chi connectivity index (χ1n) is 7.57. The van der Waals surface area contributed by atoms with Crippen LogP contribution in [0.1, 0.15) is 31.3 Å². The van der Waals surface area contributed by atoms with Gasteiger partial charge in [-0.2, -0.15) is 0 Å². The third-order valence-electron chi connectivity index (χ3n) is 3.22. The van der Waals surface area contributed by atoms with Crippen molar-refractivity contribution < 1.29 is 9.59 Å². The summed E-state index contributed by atoms with van der Waals surface area (Å²) in [6, 6.07) is 11.2. The predicted octanol–water partition coefficient (Wildman–Crippen LogP) is 3.58. The van der Waals surface area contributed by atoms with Crippen LogP contribution in [0, 0.1) is 5.41 Å². The maximum absolute atomic E-state index is 12.0. The lowest BCUT2D eigenvalue weighted by molar-refractivity contribution is -0.123. The summed E-state index contributed by atoms with van der Waals surface area (Å²) in [5, 5.41) is 5.45. The van der Waals surface area contributed by atoms with Gasteiger partial charge in [0.25, 0.3) is 5.91 Å². The van der Waals surface area contributed by atoms with Crippen LogP contribution in [0.5, 0.6) is 0 Å². The average molecular weight is 343 g/mol. The lowest BCUT2D eigenvalue weighted by Gasteiger charge is -2.17. The third-order valence-corrected chi connectivity index (χ3v) is 4.22. The molecule has 0 unspecified atom stereocenters. The monoisotopic (exact) mass is 343 g/mol. The molecular formula is C18H21N3O2S. The highest BCUT2D eigenvalue weighted by Gasteiger charge is 2.21. The van der Waals surface area contributed by atoms with Gasteiger partial charge in [0, 0.05) is 34.1 Å². The van der Waals surface area contributed by atoms with E-state index in [1.807, 2.05) is 51.1 Å². The van der Waals surface area contributed by atoms with Crippen molar-refractivity contribution in [3.05, 3.63) is 48.3 Å². The highest BCUT2D eigenvalue weighted by Crippen LogP contribution is 2.29. The second-order valence-electron chi connectivity index (χ2n) is 6.29. The quantitative estimate of drug-likeness (QED) is 0.890. The van der Waals surface area contributed by atoms with E-state index < -0.39 is 5.41 Å². The summed E-state index contributed by atoms with van der Waals surface area (Å²) >= 11 is 1.53. The van der Waals surface area contributed by atoms with Gasteiger partial charge in [0.15, 0.2) is 0 Å². The van der Waals surface area contributed by atoms with Crippen molar-refractivity contribution in [2.75, 3.05) is 12.4 Å². The number of rotatable bonds is 4. The number of nitrogens with zero attached hydrogens (tertiary/aromatic N) is 1. The second kappa shape index (κ2) is 7.49. The number of aromatic nitrogens is 1. The zero-order valence-electron chi connectivity index (χ0n) is 14.2. The summed E-state index contributed by atoms with van der Waals surface area (Å²) in [7, 11) is 1.58. The molecule has 2 N–H and O–H groups in total. The minimum atomic E-state index is -0.430. The van der Waals surface area contributed by atoms with E-state index in [0.29, 0.717) is 5.69 Å². The van der Waals surface area contributed by atoms with Crippen LogP contribution in [0.2, 0.25) is 0 Å². The number of anilines is 1. The molecule has 0 bridgehead atoms. The number of carbonyl (C=O) groups is 2. The molecule has 1 aromatic carbocycles. The Morgan fingerprint density at radius 3 is 2.29 bits per heavy atom. The molecule has 0 saturated heterocycles. The van der Waals surface area contributed by atoms with Crippen molar-refractivity contribution in [3.8, 4) is 0 Å². The standard InChI is InChI=1S/C18H21N3O2S/c1-18(2,3)17(23)21-12-5-7-13(8-6-12)24-14-9-10-20-15(11-14)16(22)19-4/h5-11H,1-4H3,(H,19,22)(H,21,23). The largest absolute Gasteiger partial charge is 0.354 e. The number of carbonyl (C=O) groups excluding carboxylic acids is 2. The molecule has 6 heteroatoms. The van der Waals surface area contributed by atoms with E-state index in [4.69, 9.17) is 0 Å². The summed E-state index contributed by atoms with van der Waals surface area (Å²) in [4.78, 5) is 29.6. The molecule has 0 spiro atoms. The van der Waals surface area contributed by atoms with Gasteiger partial charge in [-0.15, -0.1) is 0 Å². The number of benzene rings is 1. The van der Waals surface area contributed by atoms with Crippen LogP contribution in [0.25, 0.3) is 0 Å². The van der Waals surface area contributed by atoms with Crippen molar-refractivity contribution >= 4 is 29.3 Å². The van der Waals surface area contributed by atoms with E-state index in [9.17, 15) is 9.59 Å². The Balaban J connectivity index is 2.07. The topological polar surface area (TPSA) is 71.1 Å². The third kappa shape index (κ3) is 4.83. The van der Waals surface area contributed by atoms with Crippen molar-refractivity contribution in [2.45, 2.75) is 30.6 Å². The molecule has 2 amide bonds. The Kier molecular flexibility index (Phi) is 5.62. The Morgan fingerprint density at radius 2 is 1.71 bits per heavy atom. The van der Waals surface area contributed by atoms with Crippen molar-refractivity contribution in [3.63, 3.8) is 0 Å². The van der Waals surface area contributed by atoms with Gasteiger partial charge in [-0.25, -0.2) is 0 Å². The first kappa shape index (κ1) is 18.0. The molecule has 2 rings (SSSR count). The van der Waals surface area contributed by atoms with Gasteiger partial charge in [-0.1, -0.05) is 32.5 Å². The molecule has 24 heavy (non-hydrogen) atoms. The number of nitrogens with one attached hydrogen (secondary N) is 2. The SMILES string of the molecule is CNC(=O)c1cc(Sc2ccc(NC(=O)C(C)(C)C)cc2)ccn1. The zero-order valence-corrected chi connectivity index (χ0v) is 15.0. The van der Waals surface area contributed by atoms with E-state index in [2.05, 4.69) is 15.6 Å². The molecule has 5 nitrogen and oxygen atoms in total. The molecular weight excluding hydrogens is 322 g/mol. The Hall–Kier alpha value is -2.34. The van der Waals surface area contributed by atoms with Crippen LogP contribution >= 0.6 is 11.8 Å². The van der Waals surface area contributed by atoms with E-state index in [-0.39, 0.29) is 11.8 Å². The molecule has 2 aromatic rings. The van der Waals surface area contributed by atoms with E-state index in [0.717, 1.165) is 15.5 Å². The first-order valence-corrected chi connectivity index (χ1v) is 8.39. The molecule has 0 atom stereocenters. The summed E-state index contributed by atoms with van der Waals surface area (Å²) in [5.74, 6) is -0.232. The fourth-order valence-corrected chi connectivity index (χ4v) is 2.63. The zero-order chi connectivity index (χ0) is 17.7. The summed E-state index contributed by atoms with van der Waals surface area (Å²) < 4.78 is 0. The highest BCUT2D eigenvalue weighted by molar-refractivity contribution is 7.99. The summed E-state index contributed by atoms with van der Waals surface area (Å²) in [5.41, 5.74) is 0.720. The smallest absolute Gasteiger partial charge is 0.269 e. The average Bonchev–Trinajstić information content (AvgIpc) is 2.55. The predicted molar refractivity (Wildman–Crippen MR) is 96.3 cm³/mol. The Morgan fingerprint density at radius 1 is 1.04 bits per heavy atom. The molecule has 0 aliphatic carbocycles. The van der Waals surface area contributed by atoms with Crippen LogP contribution in [0.3, 0.4) is 0 Å². The van der Waals surface area contributed by atoms with Gasteiger partial charge in [-0.3, -0.25) is 14.6 Å². The van der Waals surface area contributed by atoms with Crippen LogP contribution in [-0.2, 0) is 4.79 Å². The maximum Gasteiger partial charge on any atom is 0.269 e. The molecule has 0 fully saturated rings. The number of hydrogen-bond acceptors (Lipinski definition) is 4. The lowest BCUT2D eigenvalue weighted by Crippen LogP contribution is -2.27. The number of hydrogen-bond donors (Lipinski definition) is 2. The fourth-order valence-electron chi connectivity index (χ4n) is 1.79.